The molecule has 9 heteroatoms. The summed E-state index contributed by atoms with van der Waals surface area (Å²) in [7, 11) is 1.74. The van der Waals surface area contributed by atoms with Crippen LogP contribution in [0.4, 0.5) is 0 Å². The van der Waals surface area contributed by atoms with Crippen LogP contribution in [0.5, 0.6) is 11.6 Å². The molecule has 1 aliphatic heterocycles. The summed E-state index contributed by atoms with van der Waals surface area (Å²) in [6, 6.07) is 4.96. The van der Waals surface area contributed by atoms with Crippen molar-refractivity contribution in [1.82, 2.24) is 15.2 Å². The van der Waals surface area contributed by atoms with Crippen LogP contribution in [0.3, 0.4) is 0 Å². The molecule has 0 aliphatic carbocycles. The number of aromatic nitrogens is 1. The fourth-order valence-corrected chi connectivity index (χ4v) is 3.38. The van der Waals surface area contributed by atoms with Gasteiger partial charge in [-0.3, -0.25) is 9.59 Å². The molecule has 0 bridgehead atoms. The van der Waals surface area contributed by atoms with Crippen molar-refractivity contribution in [2.75, 3.05) is 40.0 Å². The first kappa shape index (κ1) is 21.8. The average molecular weight is 416 g/mol. The molecule has 1 saturated heterocycles. The van der Waals surface area contributed by atoms with Gasteiger partial charge in [0.25, 0.3) is 5.91 Å². The van der Waals surface area contributed by atoms with E-state index in [4.69, 9.17) is 19.9 Å². The maximum Gasteiger partial charge on any atom is 0.252 e. The zero-order valence-electron chi connectivity index (χ0n) is 17.5. The van der Waals surface area contributed by atoms with Gasteiger partial charge in [-0.05, 0) is 44.5 Å². The summed E-state index contributed by atoms with van der Waals surface area (Å²) in [5.74, 6) is 0.210. The molecule has 3 N–H and O–H groups in total. The number of hydrogen-bond acceptors (Lipinski definition) is 7. The Bertz CT molecular complexity index is 918. The van der Waals surface area contributed by atoms with Crippen LogP contribution in [-0.4, -0.2) is 73.8 Å². The molecule has 1 atom stereocenters. The molecule has 0 radical (unpaired) electrons. The largest absolute Gasteiger partial charge is 0.490 e. The molecular weight excluding hydrogens is 388 g/mol. The van der Waals surface area contributed by atoms with Crippen molar-refractivity contribution in [3.8, 4) is 11.6 Å². The highest BCUT2D eigenvalue weighted by Gasteiger charge is 2.28. The van der Waals surface area contributed by atoms with Crippen molar-refractivity contribution >= 4 is 22.6 Å². The van der Waals surface area contributed by atoms with Crippen LogP contribution in [0.15, 0.2) is 24.4 Å². The number of fused-ring (bicyclic) bond motifs is 1. The van der Waals surface area contributed by atoms with Crippen molar-refractivity contribution < 1.29 is 23.8 Å². The van der Waals surface area contributed by atoms with Crippen LogP contribution in [0, 0.1) is 0 Å². The van der Waals surface area contributed by atoms with E-state index in [1.807, 2.05) is 13.8 Å². The fraction of sp³-hybridized carbons (Fsp3) is 0.476. The van der Waals surface area contributed by atoms with Crippen molar-refractivity contribution in [1.29, 1.82) is 0 Å². The minimum Gasteiger partial charge on any atom is -0.490 e. The van der Waals surface area contributed by atoms with E-state index in [1.54, 1.807) is 36.3 Å². The molecule has 2 aromatic rings. The number of nitrogens with zero attached hydrogens (tertiary/aromatic N) is 2. The quantitative estimate of drug-likeness (QED) is 0.658. The van der Waals surface area contributed by atoms with E-state index >= 15 is 0 Å². The van der Waals surface area contributed by atoms with Crippen molar-refractivity contribution in [3.05, 3.63) is 30.0 Å². The molecule has 30 heavy (non-hydrogen) atoms. The van der Waals surface area contributed by atoms with Gasteiger partial charge in [-0.15, -0.1) is 0 Å². The summed E-state index contributed by atoms with van der Waals surface area (Å²) in [5.41, 5.74) is 5.83. The molecule has 1 aromatic carbocycles. The highest BCUT2D eigenvalue weighted by molar-refractivity contribution is 6.01. The van der Waals surface area contributed by atoms with Crippen molar-refractivity contribution in [3.63, 3.8) is 0 Å². The normalized spacial score (nSPS) is 16.7. The molecule has 0 saturated carbocycles. The Hall–Kier alpha value is -2.91. The summed E-state index contributed by atoms with van der Waals surface area (Å²) < 4.78 is 17.3. The third kappa shape index (κ3) is 4.98. The van der Waals surface area contributed by atoms with Crippen LogP contribution in [-0.2, 0) is 9.53 Å². The van der Waals surface area contributed by atoms with Gasteiger partial charge in [-0.2, -0.15) is 0 Å². The van der Waals surface area contributed by atoms with Crippen molar-refractivity contribution in [2.24, 2.45) is 5.73 Å². The highest BCUT2D eigenvalue weighted by atomic mass is 16.5. The Morgan fingerprint density at radius 3 is 2.90 bits per heavy atom. The van der Waals surface area contributed by atoms with E-state index in [0.29, 0.717) is 42.3 Å². The number of primary amides is 1. The van der Waals surface area contributed by atoms with Gasteiger partial charge < -0.3 is 30.2 Å². The topological polar surface area (TPSA) is 116 Å². The Morgan fingerprint density at radius 2 is 2.20 bits per heavy atom. The standard InChI is InChI=1S/C21H28N4O5/c1-13(2)30-18-9-16-14(8-17(18)20(22)27)4-5-24-21(16)29-12-15-11-28-7-6-25(15)19(26)10-23-3/h4-5,8-9,13,15,23H,6-7,10-12H2,1-3H3,(H2,22,27)/t15-/m1/s1. The van der Waals surface area contributed by atoms with Crippen LogP contribution in [0.2, 0.25) is 0 Å². The number of likely N-dealkylation sites (N-methyl/N-ethyl adjacent to an activating group) is 1. The van der Waals surface area contributed by atoms with E-state index in [9.17, 15) is 9.59 Å². The second-order valence-electron chi connectivity index (χ2n) is 7.37. The first-order valence-electron chi connectivity index (χ1n) is 9.94. The predicted octanol–water partition coefficient (Wildman–Crippen LogP) is 0.947. The third-order valence-corrected chi connectivity index (χ3v) is 4.74. The lowest BCUT2D eigenvalue weighted by Crippen LogP contribution is -2.53. The number of ether oxygens (including phenoxy) is 3. The number of nitrogens with one attached hydrogen (secondary N) is 1. The first-order valence-corrected chi connectivity index (χ1v) is 9.94. The van der Waals surface area contributed by atoms with Crippen molar-refractivity contribution in [2.45, 2.75) is 26.0 Å². The van der Waals surface area contributed by atoms with Gasteiger partial charge in [-0.1, -0.05) is 0 Å². The Kier molecular flexibility index (Phi) is 7.07. The summed E-state index contributed by atoms with van der Waals surface area (Å²) in [6.07, 6.45) is 1.47. The van der Waals surface area contributed by atoms with Gasteiger partial charge in [-0.25, -0.2) is 4.98 Å². The number of hydrogen-bond donors (Lipinski definition) is 2. The van der Waals surface area contributed by atoms with Crippen LogP contribution < -0.4 is 20.5 Å². The number of morpholine rings is 1. The van der Waals surface area contributed by atoms with Gasteiger partial charge in [0.1, 0.15) is 12.4 Å². The lowest BCUT2D eigenvalue weighted by molar-refractivity contribution is -0.140. The van der Waals surface area contributed by atoms with Gasteiger partial charge in [0, 0.05) is 18.1 Å². The predicted molar refractivity (Wildman–Crippen MR) is 112 cm³/mol. The van der Waals surface area contributed by atoms with Gasteiger partial charge in [0.2, 0.25) is 11.8 Å². The molecule has 1 aromatic heterocycles. The van der Waals surface area contributed by atoms with Crippen LogP contribution >= 0.6 is 0 Å². The number of carbonyl (C=O) groups is 2. The summed E-state index contributed by atoms with van der Waals surface area (Å²) in [6.45, 7) is 5.66. The summed E-state index contributed by atoms with van der Waals surface area (Å²) >= 11 is 0. The monoisotopic (exact) mass is 416 g/mol. The Labute approximate surface area is 175 Å². The molecule has 1 aliphatic rings. The molecule has 3 rings (SSSR count). The Morgan fingerprint density at radius 1 is 1.40 bits per heavy atom. The molecule has 0 spiro atoms. The zero-order valence-corrected chi connectivity index (χ0v) is 17.5. The lowest BCUT2D eigenvalue weighted by Gasteiger charge is -2.35. The number of benzene rings is 1. The molecule has 9 nitrogen and oxygen atoms in total. The number of pyridine rings is 1. The van der Waals surface area contributed by atoms with Gasteiger partial charge >= 0.3 is 0 Å². The highest BCUT2D eigenvalue weighted by Crippen LogP contribution is 2.31. The summed E-state index contributed by atoms with van der Waals surface area (Å²) in [5, 5.41) is 4.34. The molecule has 162 valence electrons. The lowest BCUT2D eigenvalue weighted by atomic mass is 10.1. The SMILES string of the molecule is CNCC(=O)N1CCOC[C@@H]1COc1nccc2cc(C(N)=O)c(OC(C)C)cc12. The van der Waals surface area contributed by atoms with Crippen LogP contribution in [0.1, 0.15) is 24.2 Å². The summed E-state index contributed by atoms with van der Waals surface area (Å²) in [4.78, 5) is 30.3. The van der Waals surface area contributed by atoms with Gasteiger partial charge in [0.05, 0.1) is 37.5 Å². The number of amides is 2. The van der Waals surface area contributed by atoms with E-state index in [1.165, 1.54) is 0 Å². The Balaban J connectivity index is 1.86. The third-order valence-electron chi connectivity index (χ3n) is 4.74. The maximum absolute atomic E-state index is 12.4. The van der Waals surface area contributed by atoms with E-state index < -0.39 is 5.91 Å². The molecule has 1 fully saturated rings. The number of rotatable bonds is 8. The average Bonchev–Trinajstić information content (AvgIpc) is 2.71. The maximum atomic E-state index is 12.4. The second-order valence-corrected chi connectivity index (χ2v) is 7.37. The molecule has 0 unspecified atom stereocenters. The van der Waals surface area contributed by atoms with E-state index in [-0.39, 0.29) is 31.2 Å². The molecule has 2 heterocycles. The minimum atomic E-state index is -0.565. The van der Waals surface area contributed by atoms with Crippen LogP contribution in [0.25, 0.3) is 10.8 Å². The fourth-order valence-electron chi connectivity index (χ4n) is 3.38. The molecular formula is C21H28N4O5. The molecule has 2 amide bonds. The number of nitrogens with two attached hydrogens (primary N) is 1. The van der Waals surface area contributed by atoms with Gasteiger partial charge in [0.15, 0.2) is 0 Å². The van der Waals surface area contributed by atoms with E-state index in [0.717, 1.165) is 5.39 Å². The smallest absolute Gasteiger partial charge is 0.252 e. The van der Waals surface area contributed by atoms with E-state index in [2.05, 4.69) is 10.3 Å². The second kappa shape index (κ2) is 9.73. The number of carbonyl (C=O) groups excluding carboxylic acids is 2. The zero-order chi connectivity index (χ0) is 21.7. The minimum absolute atomic E-state index is 0.000927. The first-order chi connectivity index (χ1) is 14.4.